The number of piperidine rings is 1. The summed E-state index contributed by atoms with van der Waals surface area (Å²) in [4.78, 5) is 13.4. The Balaban J connectivity index is 0.000000774. The van der Waals surface area contributed by atoms with E-state index in [4.69, 9.17) is 5.73 Å². The predicted octanol–water partition coefficient (Wildman–Crippen LogP) is 2.48. The minimum absolute atomic E-state index is 0.191. The molecule has 0 aliphatic carbocycles. The fraction of sp³-hybridized carbons (Fsp3) is 0.588. The maximum absolute atomic E-state index is 11.4. The number of nitrogens with zero attached hydrogens (tertiary/aromatic N) is 1. The van der Waals surface area contributed by atoms with Crippen molar-refractivity contribution in [3.8, 4) is 0 Å². The van der Waals surface area contributed by atoms with Gasteiger partial charge in [0.05, 0.1) is 0 Å². The van der Waals surface area contributed by atoms with E-state index in [9.17, 15) is 4.79 Å². The van der Waals surface area contributed by atoms with Crippen LogP contribution in [0.4, 0.5) is 5.69 Å². The first-order valence-electron chi connectivity index (χ1n) is 7.97. The van der Waals surface area contributed by atoms with E-state index in [0.29, 0.717) is 6.54 Å². The Labute approximate surface area is 127 Å². The van der Waals surface area contributed by atoms with Crippen molar-refractivity contribution in [2.24, 2.45) is 5.73 Å². The van der Waals surface area contributed by atoms with E-state index in [0.717, 1.165) is 32.5 Å². The van der Waals surface area contributed by atoms with Crippen LogP contribution in [0.5, 0.6) is 0 Å². The molecule has 3 rings (SSSR count). The molecule has 0 atom stereocenters. The van der Waals surface area contributed by atoms with Gasteiger partial charge in [-0.15, -0.1) is 0 Å². The standard InChI is InChI=1S/C15H21N3O.C2H6/c1-11(19)18-6-4-15(5-7-18)10-17-14-3-2-12(9-16)8-13(14)15;1-2/h2-3,8,17H,4-7,9-10,16H2,1H3;1-2H3. The van der Waals surface area contributed by atoms with Crippen LogP contribution < -0.4 is 11.1 Å². The Hall–Kier alpha value is -1.55. The molecule has 2 heterocycles. The molecule has 2 aliphatic rings. The van der Waals surface area contributed by atoms with Crippen molar-refractivity contribution in [2.75, 3.05) is 25.0 Å². The average Bonchev–Trinajstić information content (AvgIpc) is 2.88. The summed E-state index contributed by atoms with van der Waals surface area (Å²) >= 11 is 0. The Kier molecular flexibility index (Phi) is 4.88. The lowest BCUT2D eigenvalue weighted by molar-refractivity contribution is -0.130. The summed E-state index contributed by atoms with van der Waals surface area (Å²) in [6.07, 6.45) is 2.08. The molecule has 2 aliphatic heterocycles. The van der Waals surface area contributed by atoms with Gasteiger partial charge in [-0.25, -0.2) is 0 Å². The number of benzene rings is 1. The second kappa shape index (κ2) is 6.48. The molecule has 21 heavy (non-hydrogen) atoms. The molecule has 3 N–H and O–H groups in total. The Morgan fingerprint density at radius 2 is 2.00 bits per heavy atom. The number of carbonyl (C=O) groups excluding carboxylic acids is 1. The van der Waals surface area contributed by atoms with Gasteiger partial charge in [0, 0.05) is 44.2 Å². The van der Waals surface area contributed by atoms with Crippen molar-refractivity contribution in [1.29, 1.82) is 0 Å². The van der Waals surface area contributed by atoms with Crippen LogP contribution in [-0.2, 0) is 16.8 Å². The highest BCUT2D eigenvalue weighted by molar-refractivity contribution is 5.73. The highest BCUT2D eigenvalue weighted by atomic mass is 16.2. The van der Waals surface area contributed by atoms with Crippen molar-refractivity contribution < 1.29 is 4.79 Å². The molecule has 1 spiro atoms. The zero-order valence-corrected chi connectivity index (χ0v) is 13.4. The van der Waals surface area contributed by atoms with Crippen LogP contribution in [0, 0.1) is 0 Å². The fourth-order valence-corrected chi connectivity index (χ4v) is 3.37. The van der Waals surface area contributed by atoms with Gasteiger partial charge in [0.1, 0.15) is 0 Å². The van der Waals surface area contributed by atoms with E-state index < -0.39 is 0 Å². The van der Waals surface area contributed by atoms with Gasteiger partial charge in [-0.05, 0) is 30.0 Å². The smallest absolute Gasteiger partial charge is 0.219 e. The first-order valence-corrected chi connectivity index (χ1v) is 7.97. The Morgan fingerprint density at radius 3 is 2.57 bits per heavy atom. The maximum atomic E-state index is 11.4. The maximum Gasteiger partial charge on any atom is 0.219 e. The minimum atomic E-state index is 0.191. The van der Waals surface area contributed by atoms with Gasteiger partial charge in [0.15, 0.2) is 0 Å². The third kappa shape index (κ3) is 2.91. The monoisotopic (exact) mass is 289 g/mol. The molecule has 0 saturated carbocycles. The number of rotatable bonds is 1. The summed E-state index contributed by atoms with van der Waals surface area (Å²) in [7, 11) is 0. The number of amides is 1. The zero-order chi connectivity index (χ0) is 15.5. The van der Waals surface area contributed by atoms with Gasteiger partial charge >= 0.3 is 0 Å². The molecule has 0 radical (unpaired) electrons. The van der Waals surface area contributed by atoms with Crippen LogP contribution in [0.25, 0.3) is 0 Å². The number of nitrogens with two attached hydrogens (primary N) is 1. The van der Waals surface area contributed by atoms with Crippen molar-refractivity contribution in [3.63, 3.8) is 0 Å². The number of nitrogens with one attached hydrogen (secondary N) is 1. The molecule has 1 saturated heterocycles. The fourth-order valence-electron chi connectivity index (χ4n) is 3.37. The first kappa shape index (κ1) is 15.8. The average molecular weight is 289 g/mol. The molecule has 1 fully saturated rings. The summed E-state index contributed by atoms with van der Waals surface area (Å²) in [5, 5.41) is 3.51. The van der Waals surface area contributed by atoms with Crippen molar-refractivity contribution in [2.45, 2.75) is 45.6 Å². The molecule has 116 valence electrons. The second-order valence-electron chi connectivity index (χ2n) is 5.72. The minimum Gasteiger partial charge on any atom is -0.384 e. The third-order valence-electron chi connectivity index (χ3n) is 4.67. The van der Waals surface area contributed by atoms with Crippen molar-refractivity contribution >= 4 is 11.6 Å². The first-order chi connectivity index (χ1) is 10.1. The van der Waals surface area contributed by atoms with E-state index in [-0.39, 0.29) is 11.3 Å². The molecule has 1 aromatic rings. The van der Waals surface area contributed by atoms with Gasteiger partial charge in [0.2, 0.25) is 5.91 Å². The molecular formula is C17H27N3O. The number of hydrogen-bond acceptors (Lipinski definition) is 3. The topological polar surface area (TPSA) is 58.4 Å². The molecule has 4 nitrogen and oxygen atoms in total. The molecule has 0 bridgehead atoms. The number of likely N-dealkylation sites (tertiary alicyclic amines) is 1. The van der Waals surface area contributed by atoms with Gasteiger partial charge < -0.3 is 16.0 Å². The van der Waals surface area contributed by atoms with Gasteiger partial charge in [-0.3, -0.25) is 4.79 Å². The highest BCUT2D eigenvalue weighted by Gasteiger charge is 2.41. The third-order valence-corrected chi connectivity index (χ3v) is 4.67. The normalized spacial score (nSPS) is 18.6. The van der Waals surface area contributed by atoms with Crippen LogP contribution in [-0.4, -0.2) is 30.4 Å². The number of hydrogen-bond donors (Lipinski definition) is 2. The quantitative estimate of drug-likeness (QED) is 0.835. The lowest BCUT2D eigenvalue weighted by Gasteiger charge is -2.39. The number of fused-ring (bicyclic) bond motifs is 2. The van der Waals surface area contributed by atoms with Crippen molar-refractivity contribution in [1.82, 2.24) is 4.90 Å². The van der Waals surface area contributed by atoms with Gasteiger partial charge in [-0.2, -0.15) is 0 Å². The number of anilines is 1. The highest BCUT2D eigenvalue weighted by Crippen LogP contribution is 2.44. The van der Waals surface area contributed by atoms with E-state index in [1.165, 1.54) is 16.8 Å². The molecule has 4 heteroatoms. The summed E-state index contributed by atoms with van der Waals surface area (Å²) in [6.45, 7) is 8.96. The summed E-state index contributed by atoms with van der Waals surface area (Å²) in [5.41, 5.74) is 9.79. The molecule has 0 aromatic heterocycles. The Morgan fingerprint density at radius 1 is 1.33 bits per heavy atom. The van der Waals surface area contributed by atoms with Crippen molar-refractivity contribution in [3.05, 3.63) is 29.3 Å². The summed E-state index contributed by atoms with van der Waals surface area (Å²) < 4.78 is 0. The van der Waals surface area contributed by atoms with E-state index in [1.54, 1.807) is 6.92 Å². The Bertz CT molecular complexity index is 505. The van der Waals surface area contributed by atoms with E-state index >= 15 is 0 Å². The lowest BCUT2D eigenvalue weighted by atomic mass is 9.74. The zero-order valence-electron chi connectivity index (χ0n) is 13.4. The molecular weight excluding hydrogens is 262 g/mol. The largest absolute Gasteiger partial charge is 0.384 e. The van der Waals surface area contributed by atoms with Crippen LogP contribution in [0.3, 0.4) is 0 Å². The van der Waals surface area contributed by atoms with Crippen LogP contribution >= 0.6 is 0 Å². The second-order valence-corrected chi connectivity index (χ2v) is 5.72. The van der Waals surface area contributed by atoms with E-state index in [1.807, 2.05) is 18.7 Å². The van der Waals surface area contributed by atoms with E-state index in [2.05, 4.69) is 23.5 Å². The molecule has 0 unspecified atom stereocenters. The molecule has 1 aromatic carbocycles. The summed E-state index contributed by atoms with van der Waals surface area (Å²) in [6, 6.07) is 6.48. The van der Waals surface area contributed by atoms with Gasteiger partial charge in [-0.1, -0.05) is 26.0 Å². The van der Waals surface area contributed by atoms with Crippen LogP contribution in [0.2, 0.25) is 0 Å². The SMILES string of the molecule is CC.CC(=O)N1CCC2(CC1)CNc1ccc(CN)cc12. The van der Waals surface area contributed by atoms with Crippen LogP contribution in [0.15, 0.2) is 18.2 Å². The lowest BCUT2D eigenvalue weighted by Crippen LogP contribution is -2.45. The van der Waals surface area contributed by atoms with Crippen LogP contribution in [0.1, 0.15) is 44.7 Å². The predicted molar refractivity (Wildman–Crippen MR) is 87.3 cm³/mol. The number of carbonyl (C=O) groups is 1. The summed E-state index contributed by atoms with van der Waals surface area (Å²) in [5.74, 6) is 0.191. The van der Waals surface area contributed by atoms with Gasteiger partial charge in [0.25, 0.3) is 0 Å². The molecule has 1 amide bonds.